The van der Waals surface area contributed by atoms with Crippen LogP contribution in [0.3, 0.4) is 0 Å². The van der Waals surface area contributed by atoms with Crippen molar-refractivity contribution in [2.75, 3.05) is 0 Å². The molecule has 1 aromatic heterocycles. The third-order valence-electron chi connectivity index (χ3n) is 1.67. The van der Waals surface area contributed by atoms with E-state index in [2.05, 4.69) is 9.72 Å². The summed E-state index contributed by atoms with van der Waals surface area (Å²) >= 11 is 0. The fraction of sp³-hybridized carbons (Fsp3) is 0.500. The number of carbonyl (C=O) groups is 1. The van der Waals surface area contributed by atoms with Crippen molar-refractivity contribution in [3.05, 3.63) is 12.0 Å². The number of hydrogen-bond donors (Lipinski definition) is 0. The van der Waals surface area contributed by atoms with Gasteiger partial charge in [0, 0.05) is 13.0 Å². The zero-order chi connectivity index (χ0) is 9.14. The summed E-state index contributed by atoms with van der Waals surface area (Å²) in [5.74, 6) is 1.72. The summed E-state index contributed by atoms with van der Waals surface area (Å²) in [5.41, 5.74) is 0. The molecule has 0 radical (unpaired) electrons. The van der Waals surface area contributed by atoms with Gasteiger partial charge in [-0.3, -0.25) is 4.79 Å². The lowest BCUT2D eigenvalue weighted by atomic mass is 10.2. The van der Waals surface area contributed by atoms with Gasteiger partial charge < -0.3 is 9.30 Å². The van der Waals surface area contributed by atoms with Crippen molar-refractivity contribution in [2.45, 2.75) is 19.8 Å². The minimum absolute atomic E-state index is 0.332. The van der Waals surface area contributed by atoms with Gasteiger partial charge >= 0.3 is 0 Å². The van der Waals surface area contributed by atoms with E-state index in [9.17, 15) is 4.79 Å². The van der Waals surface area contributed by atoms with Crippen LogP contribution in [0.4, 0.5) is 0 Å². The van der Waals surface area contributed by atoms with Gasteiger partial charge in [0.25, 0.3) is 6.47 Å². The maximum absolute atomic E-state index is 10.0. The maximum atomic E-state index is 10.0. The molecule has 1 rings (SSSR count). The highest BCUT2D eigenvalue weighted by atomic mass is 16.5. The quantitative estimate of drug-likeness (QED) is 0.634. The van der Waals surface area contributed by atoms with Crippen LogP contribution in [0.2, 0.25) is 0 Å². The highest BCUT2D eigenvalue weighted by Gasteiger charge is 2.09. The van der Waals surface area contributed by atoms with E-state index in [0.717, 1.165) is 5.82 Å². The first-order valence-corrected chi connectivity index (χ1v) is 3.78. The van der Waals surface area contributed by atoms with E-state index in [1.165, 1.54) is 0 Å². The van der Waals surface area contributed by atoms with Crippen LogP contribution in [-0.4, -0.2) is 16.0 Å². The molecule has 0 atom stereocenters. The number of rotatable bonds is 3. The SMILES string of the molecule is CC(C)c1ncc(OC=O)n1C. The Balaban J connectivity index is 2.95. The molecule has 0 aliphatic rings. The van der Waals surface area contributed by atoms with E-state index in [0.29, 0.717) is 18.3 Å². The van der Waals surface area contributed by atoms with Gasteiger partial charge in [-0.15, -0.1) is 0 Å². The Labute approximate surface area is 71.2 Å². The molecular formula is C8H12N2O2. The van der Waals surface area contributed by atoms with Crippen molar-refractivity contribution >= 4 is 6.47 Å². The van der Waals surface area contributed by atoms with Crippen LogP contribution in [0.1, 0.15) is 25.6 Å². The van der Waals surface area contributed by atoms with Gasteiger partial charge in [-0.05, 0) is 0 Å². The summed E-state index contributed by atoms with van der Waals surface area (Å²) in [6, 6.07) is 0. The normalized spacial score (nSPS) is 10.3. The molecule has 0 amide bonds. The first-order valence-electron chi connectivity index (χ1n) is 3.78. The van der Waals surface area contributed by atoms with Crippen molar-refractivity contribution in [2.24, 2.45) is 7.05 Å². The topological polar surface area (TPSA) is 44.1 Å². The van der Waals surface area contributed by atoms with Gasteiger partial charge in [0.2, 0.25) is 5.88 Å². The average molecular weight is 168 g/mol. The summed E-state index contributed by atoms with van der Waals surface area (Å²) in [7, 11) is 1.82. The van der Waals surface area contributed by atoms with Crippen LogP contribution >= 0.6 is 0 Å². The molecule has 0 aromatic carbocycles. The van der Waals surface area contributed by atoms with Gasteiger partial charge in [-0.1, -0.05) is 13.8 Å². The summed E-state index contributed by atoms with van der Waals surface area (Å²) in [5, 5.41) is 0. The molecule has 0 bridgehead atoms. The van der Waals surface area contributed by atoms with E-state index in [4.69, 9.17) is 0 Å². The summed E-state index contributed by atoms with van der Waals surface area (Å²) in [6.07, 6.45) is 1.55. The predicted octanol–water partition coefficient (Wildman–Crippen LogP) is 1.08. The second-order valence-electron chi connectivity index (χ2n) is 2.88. The fourth-order valence-electron chi connectivity index (χ4n) is 1.10. The van der Waals surface area contributed by atoms with E-state index < -0.39 is 0 Å². The van der Waals surface area contributed by atoms with Crippen molar-refractivity contribution in [3.8, 4) is 5.88 Å². The van der Waals surface area contributed by atoms with Crippen molar-refractivity contribution < 1.29 is 9.53 Å². The average Bonchev–Trinajstić information content (AvgIpc) is 2.34. The van der Waals surface area contributed by atoms with Crippen molar-refractivity contribution in [1.82, 2.24) is 9.55 Å². The molecule has 0 spiro atoms. The van der Waals surface area contributed by atoms with Crippen molar-refractivity contribution in [3.63, 3.8) is 0 Å². The van der Waals surface area contributed by atoms with Crippen LogP contribution in [0.5, 0.6) is 5.88 Å². The minimum atomic E-state index is 0.332. The summed E-state index contributed by atoms with van der Waals surface area (Å²) in [6.45, 7) is 4.47. The standard InChI is InChI=1S/C8H12N2O2/c1-6(2)8-9-4-7(10(8)3)12-5-11/h4-6H,1-3H3. The fourth-order valence-corrected chi connectivity index (χ4v) is 1.10. The highest BCUT2D eigenvalue weighted by Crippen LogP contribution is 2.17. The van der Waals surface area contributed by atoms with Gasteiger partial charge in [0.1, 0.15) is 5.82 Å². The lowest BCUT2D eigenvalue weighted by Crippen LogP contribution is -2.02. The third kappa shape index (κ3) is 1.47. The van der Waals surface area contributed by atoms with Crippen LogP contribution in [-0.2, 0) is 11.8 Å². The Bertz CT molecular complexity index is 279. The molecule has 0 saturated heterocycles. The van der Waals surface area contributed by atoms with Crippen molar-refractivity contribution in [1.29, 1.82) is 0 Å². The van der Waals surface area contributed by atoms with Crippen LogP contribution in [0, 0.1) is 0 Å². The van der Waals surface area contributed by atoms with E-state index >= 15 is 0 Å². The largest absolute Gasteiger partial charge is 0.410 e. The van der Waals surface area contributed by atoms with Crippen LogP contribution < -0.4 is 4.74 Å². The molecule has 0 N–H and O–H groups in total. The number of hydrogen-bond acceptors (Lipinski definition) is 3. The number of ether oxygens (including phenoxy) is 1. The molecule has 4 heteroatoms. The number of nitrogens with zero attached hydrogens (tertiary/aromatic N) is 2. The second kappa shape index (κ2) is 3.38. The molecule has 0 aliphatic heterocycles. The smallest absolute Gasteiger partial charge is 0.299 e. The number of aromatic nitrogens is 2. The van der Waals surface area contributed by atoms with E-state index in [1.807, 2.05) is 20.9 Å². The Morgan fingerprint density at radius 2 is 2.33 bits per heavy atom. The first kappa shape index (κ1) is 8.77. The minimum Gasteiger partial charge on any atom is -0.410 e. The van der Waals surface area contributed by atoms with Crippen LogP contribution in [0.25, 0.3) is 0 Å². The molecule has 0 saturated carbocycles. The molecule has 66 valence electrons. The molecule has 1 heterocycles. The molecule has 4 nitrogen and oxygen atoms in total. The molecule has 0 fully saturated rings. The number of imidazole rings is 1. The highest BCUT2D eigenvalue weighted by molar-refractivity contribution is 5.42. The third-order valence-corrected chi connectivity index (χ3v) is 1.67. The summed E-state index contributed by atoms with van der Waals surface area (Å²) < 4.78 is 6.45. The summed E-state index contributed by atoms with van der Waals surface area (Å²) in [4.78, 5) is 14.2. The lowest BCUT2D eigenvalue weighted by Gasteiger charge is -2.05. The Hall–Kier alpha value is -1.32. The molecule has 0 aliphatic carbocycles. The molecular weight excluding hydrogens is 156 g/mol. The van der Waals surface area contributed by atoms with Gasteiger partial charge in [-0.25, -0.2) is 4.98 Å². The Kier molecular flexibility index (Phi) is 2.47. The van der Waals surface area contributed by atoms with Gasteiger partial charge in [0.15, 0.2) is 0 Å². The van der Waals surface area contributed by atoms with E-state index in [-0.39, 0.29) is 0 Å². The number of carbonyl (C=O) groups excluding carboxylic acids is 1. The Morgan fingerprint density at radius 3 is 2.75 bits per heavy atom. The zero-order valence-electron chi connectivity index (χ0n) is 7.44. The lowest BCUT2D eigenvalue weighted by molar-refractivity contribution is -0.121. The van der Waals surface area contributed by atoms with Crippen LogP contribution in [0.15, 0.2) is 6.20 Å². The van der Waals surface area contributed by atoms with Gasteiger partial charge in [0.05, 0.1) is 6.20 Å². The molecule has 1 aromatic rings. The molecule has 12 heavy (non-hydrogen) atoms. The monoisotopic (exact) mass is 168 g/mol. The zero-order valence-corrected chi connectivity index (χ0v) is 7.44. The van der Waals surface area contributed by atoms with Gasteiger partial charge in [-0.2, -0.15) is 0 Å². The van der Waals surface area contributed by atoms with E-state index in [1.54, 1.807) is 10.8 Å². The Morgan fingerprint density at radius 1 is 1.67 bits per heavy atom. The second-order valence-corrected chi connectivity index (χ2v) is 2.88. The maximum Gasteiger partial charge on any atom is 0.299 e. The first-order chi connectivity index (χ1) is 5.66. The molecule has 0 unspecified atom stereocenters. The predicted molar refractivity (Wildman–Crippen MR) is 44.0 cm³/mol.